The average molecular weight is 485 g/mol. The van der Waals surface area contributed by atoms with Crippen molar-refractivity contribution in [3.63, 3.8) is 0 Å². The van der Waals surface area contributed by atoms with Gasteiger partial charge in [-0.25, -0.2) is 0 Å². The van der Waals surface area contributed by atoms with E-state index in [1.54, 1.807) is 17.5 Å². The van der Waals surface area contributed by atoms with E-state index in [0.717, 1.165) is 23.1 Å². The number of hydrogen-bond donors (Lipinski definition) is 2. The van der Waals surface area contributed by atoms with E-state index in [-0.39, 0.29) is 31.8 Å². The SMILES string of the molecule is C=CCSC1=C(C#N)[C@@H](c2ccccc2Cl)[C@H](C(=O)c2cccs2)[C@](O)(C(F)(F)F)N1. The Labute approximate surface area is 190 Å². The maximum atomic E-state index is 14.3. The second-order valence-electron chi connectivity index (χ2n) is 6.66. The van der Waals surface area contributed by atoms with Crippen LogP contribution >= 0.6 is 34.7 Å². The number of aliphatic hydroxyl groups is 1. The molecule has 162 valence electrons. The molecule has 10 heteroatoms. The van der Waals surface area contributed by atoms with E-state index in [9.17, 15) is 28.3 Å². The van der Waals surface area contributed by atoms with Crippen LogP contribution in [0.5, 0.6) is 0 Å². The van der Waals surface area contributed by atoms with Crippen molar-refractivity contribution in [2.24, 2.45) is 5.92 Å². The van der Waals surface area contributed by atoms with Gasteiger partial charge in [-0.2, -0.15) is 18.4 Å². The number of thiophene rings is 1. The molecule has 0 saturated heterocycles. The Bertz CT molecular complexity index is 1060. The van der Waals surface area contributed by atoms with Crippen molar-refractivity contribution in [3.05, 3.63) is 80.5 Å². The van der Waals surface area contributed by atoms with E-state index in [0.29, 0.717) is 0 Å². The van der Waals surface area contributed by atoms with Crippen molar-refractivity contribution in [3.8, 4) is 6.07 Å². The lowest BCUT2D eigenvalue weighted by molar-refractivity contribution is -0.285. The molecule has 0 amide bonds. The molecule has 1 aromatic carbocycles. The number of nitrogens with one attached hydrogen (secondary N) is 1. The zero-order chi connectivity index (χ0) is 22.8. The van der Waals surface area contributed by atoms with Gasteiger partial charge in [-0.3, -0.25) is 4.79 Å². The Hall–Kier alpha value is -2.25. The van der Waals surface area contributed by atoms with Crippen LogP contribution in [0.2, 0.25) is 5.02 Å². The topological polar surface area (TPSA) is 73.1 Å². The van der Waals surface area contributed by atoms with Gasteiger partial charge in [0, 0.05) is 16.7 Å². The lowest BCUT2D eigenvalue weighted by atomic mass is 9.70. The summed E-state index contributed by atoms with van der Waals surface area (Å²) < 4.78 is 42.8. The number of rotatable bonds is 6. The number of halogens is 4. The molecule has 31 heavy (non-hydrogen) atoms. The molecular formula is C21H16ClF3N2O2S2. The number of nitrogens with zero attached hydrogens (tertiary/aromatic N) is 1. The second-order valence-corrected chi connectivity index (χ2v) is 9.05. The molecule has 4 nitrogen and oxygen atoms in total. The van der Waals surface area contributed by atoms with Crippen molar-refractivity contribution in [1.82, 2.24) is 5.32 Å². The van der Waals surface area contributed by atoms with Gasteiger partial charge in [-0.15, -0.1) is 29.7 Å². The number of alkyl halides is 3. The first-order valence-electron chi connectivity index (χ1n) is 8.93. The summed E-state index contributed by atoms with van der Waals surface area (Å²) in [5.41, 5.74) is -3.58. The number of nitriles is 1. The number of ketones is 1. The monoisotopic (exact) mass is 484 g/mol. The third-order valence-corrected chi connectivity index (χ3v) is 7.07. The lowest BCUT2D eigenvalue weighted by Gasteiger charge is -2.45. The highest BCUT2D eigenvalue weighted by molar-refractivity contribution is 8.03. The Kier molecular flexibility index (Phi) is 6.86. The molecule has 0 spiro atoms. The van der Waals surface area contributed by atoms with Crippen LogP contribution in [0.1, 0.15) is 21.2 Å². The summed E-state index contributed by atoms with van der Waals surface area (Å²) in [5, 5.41) is 24.4. The van der Waals surface area contributed by atoms with Gasteiger partial charge in [-0.1, -0.05) is 41.9 Å². The quantitative estimate of drug-likeness (QED) is 0.419. The van der Waals surface area contributed by atoms with Gasteiger partial charge in [0.05, 0.1) is 27.5 Å². The third kappa shape index (κ3) is 4.26. The highest BCUT2D eigenvalue weighted by Crippen LogP contribution is 2.52. The summed E-state index contributed by atoms with van der Waals surface area (Å²) in [6.45, 7) is 3.54. The Morgan fingerprint density at radius 3 is 2.65 bits per heavy atom. The van der Waals surface area contributed by atoms with Gasteiger partial charge in [0.2, 0.25) is 5.72 Å². The first kappa shape index (κ1) is 23.4. The summed E-state index contributed by atoms with van der Waals surface area (Å²) in [4.78, 5) is 13.3. The molecule has 0 unspecified atom stereocenters. The fourth-order valence-corrected chi connectivity index (χ4v) is 5.26. The summed E-state index contributed by atoms with van der Waals surface area (Å²) >= 11 is 8.12. The fraction of sp³-hybridized carbons (Fsp3) is 0.238. The van der Waals surface area contributed by atoms with E-state index in [1.807, 2.05) is 6.07 Å². The van der Waals surface area contributed by atoms with Gasteiger partial charge < -0.3 is 10.4 Å². The molecule has 2 aromatic rings. The van der Waals surface area contributed by atoms with E-state index in [4.69, 9.17) is 11.6 Å². The zero-order valence-electron chi connectivity index (χ0n) is 15.8. The molecule has 1 aliphatic rings. The van der Waals surface area contributed by atoms with E-state index < -0.39 is 29.5 Å². The Morgan fingerprint density at radius 1 is 1.39 bits per heavy atom. The van der Waals surface area contributed by atoms with Gasteiger partial charge in [0.25, 0.3) is 0 Å². The number of Topliss-reactive ketones (excluding diaryl/α,β-unsaturated/α-hetero) is 1. The Morgan fingerprint density at radius 2 is 2.10 bits per heavy atom. The smallest absolute Gasteiger partial charge is 0.363 e. The molecule has 0 radical (unpaired) electrons. The molecule has 1 aromatic heterocycles. The van der Waals surface area contributed by atoms with E-state index >= 15 is 0 Å². The number of benzene rings is 1. The van der Waals surface area contributed by atoms with Crippen molar-refractivity contribution in [1.29, 1.82) is 5.26 Å². The Balaban J connectivity index is 2.34. The van der Waals surface area contributed by atoms with Crippen LogP contribution in [0, 0.1) is 17.2 Å². The maximum absolute atomic E-state index is 14.3. The molecule has 0 bridgehead atoms. The summed E-state index contributed by atoms with van der Waals surface area (Å²) in [5.74, 6) is -4.25. The van der Waals surface area contributed by atoms with Gasteiger partial charge in [0.1, 0.15) is 0 Å². The highest BCUT2D eigenvalue weighted by Gasteiger charge is 2.66. The average Bonchev–Trinajstić information content (AvgIpc) is 3.26. The molecule has 3 rings (SSSR count). The minimum atomic E-state index is -5.23. The summed E-state index contributed by atoms with van der Waals surface area (Å²) in [6.07, 6.45) is -3.78. The normalized spacial score (nSPS) is 23.7. The lowest BCUT2D eigenvalue weighted by Crippen LogP contribution is -2.66. The van der Waals surface area contributed by atoms with Gasteiger partial charge in [-0.05, 0) is 23.1 Å². The first-order valence-corrected chi connectivity index (χ1v) is 11.2. The van der Waals surface area contributed by atoms with Crippen LogP contribution in [0.25, 0.3) is 0 Å². The van der Waals surface area contributed by atoms with Crippen molar-refractivity contribution in [2.75, 3.05) is 5.75 Å². The molecule has 0 saturated carbocycles. The minimum absolute atomic E-state index is 0.0333. The standard InChI is InChI=1S/C21H16ClF3N2O2S2/c1-2-9-31-19-13(11-26)16(12-6-3-4-7-14(12)22)17(18(28)15-8-5-10-30-15)20(29,27-19)21(23,24)25/h2-8,10,16-17,27,29H,1,9H2/t16-,17-,20+/m1/s1. The summed E-state index contributed by atoms with van der Waals surface area (Å²) in [6, 6.07) is 10.9. The van der Waals surface area contributed by atoms with Crippen molar-refractivity contribution < 1.29 is 23.1 Å². The van der Waals surface area contributed by atoms with Crippen molar-refractivity contribution in [2.45, 2.75) is 17.8 Å². The van der Waals surface area contributed by atoms with E-state index in [2.05, 4.69) is 11.9 Å². The largest absolute Gasteiger partial charge is 0.437 e. The third-order valence-electron chi connectivity index (χ3n) is 4.83. The van der Waals surface area contributed by atoms with Crippen LogP contribution < -0.4 is 5.32 Å². The predicted octanol–water partition coefficient (Wildman–Crippen LogP) is 5.49. The zero-order valence-corrected chi connectivity index (χ0v) is 18.2. The minimum Gasteiger partial charge on any atom is -0.363 e. The maximum Gasteiger partial charge on any atom is 0.437 e. The predicted molar refractivity (Wildman–Crippen MR) is 116 cm³/mol. The molecule has 1 aliphatic heterocycles. The molecule has 0 aliphatic carbocycles. The molecule has 2 heterocycles. The number of allylic oxidation sites excluding steroid dienone is 1. The molecule has 3 atom stereocenters. The molecular weight excluding hydrogens is 469 g/mol. The first-order chi connectivity index (χ1) is 14.7. The summed E-state index contributed by atoms with van der Waals surface area (Å²) in [7, 11) is 0. The number of thioether (sulfide) groups is 1. The van der Waals surface area contributed by atoms with Crippen LogP contribution in [-0.2, 0) is 0 Å². The number of hydrogen-bond acceptors (Lipinski definition) is 6. The van der Waals surface area contributed by atoms with Crippen LogP contribution in [0.4, 0.5) is 13.2 Å². The number of carbonyl (C=O) groups is 1. The molecule has 2 N–H and O–H groups in total. The fourth-order valence-electron chi connectivity index (χ4n) is 3.47. The number of carbonyl (C=O) groups excluding carboxylic acids is 1. The van der Waals surface area contributed by atoms with Crippen molar-refractivity contribution >= 4 is 40.5 Å². The van der Waals surface area contributed by atoms with Gasteiger partial charge >= 0.3 is 6.18 Å². The van der Waals surface area contributed by atoms with Crippen LogP contribution in [0.3, 0.4) is 0 Å². The highest BCUT2D eigenvalue weighted by atomic mass is 35.5. The second kappa shape index (κ2) is 9.09. The van der Waals surface area contributed by atoms with Crippen LogP contribution in [-0.4, -0.2) is 28.5 Å². The van der Waals surface area contributed by atoms with Gasteiger partial charge in [0.15, 0.2) is 5.78 Å². The molecule has 0 fully saturated rings. The van der Waals surface area contributed by atoms with E-state index in [1.165, 1.54) is 30.3 Å². The van der Waals surface area contributed by atoms with Crippen LogP contribution in [0.15, 0.2) is 65.0 Å².